The quantitative estimate of drug-likeness (QED) is 0.278. The Morgan fingerprint density at radius 3 is 2.58 bits per heavy atom. The molecule has 0 radical (unpaired) electrons. The van der Waals surface area contributed by atoms with Crippen LogP contribution in [-0.2, 0) is 12.2 Å². The molecule has 0 spiro atoms. The minimum atomic E-state index is 0.495. The summed E-state index contributed by atoms with van der Waals surface area (Å²) < 4.78 is 7.47. The van der Waals surface area contributed by atoms with Crippen LogP contribution in [0.3, 0.4) is 0 Å². The lowest BCUT2D eigenvalue weighted by Gasteiger charge is -2.10. The van der Waals surface area contributed by atoms with Gasteiger partial charge in [0.05, 0.1) is 10.6 Å². The number of hydrogen-bond donors (Lipinski definition) is 0. The molecule has 5 rings (SSSR count). The maximum atomic E-state index is 6.10. The van der Waals surface area contributed by atoms with Crippen molar-refractivity contribution >= 4 is 34.7 Å². The number of halogens is 1. The fourth-order valence-corrected chi connectivity index (χ4v) is 4.67. The second kappa shape index (κ2) is 9.05. The van der Waals surface area contributed by atoms with Gasteiger partial charge in [-0.05, 0) is 41.3 Å². The molecule has 9 heteroatoms. The van der Waals surface area contributed by atoms with Crippen molar-refractivity contribution in [1.29, 1.82) is 0 Å². The van der Waals surface area contributed by atoms with Gasteiger partial charge in [0.1, 0.15) is 5.82 Å². The predicted octanol–water partition coefficient (Wildman–Crippen LogP) is 5.92. The van der Waals surface area contributed by atoms with Crippen LogP contribution in [0, 0.1) is 0 Å². The summed E-state index contributed by atoms with van der Waals surface area (Å²) in [4.78, 5) is 5.47. The van der Waals surface area contributed by atoms with E-state index >= 15 is 0 Å². The van der Waals surface area contributed by atoms with Crippen LogP contribution in [0.15, 0.2) is 81.8 Å². The van der Waals surface area contributed by atoms with Crippen molar-refractivity contribution < 1.29 is 4.52 Å². The van der Waals surface area contributed by atoms with Crippen LogP contribution in [-0.4, -0.2) is 24.9 Å². The van der Waals surface area contributed by atoms with Crippen molar-refractivity contribution in [2.45, 2.75) is 17.3 Å². The Bertz CT molecular complexity index is 1270. The summed E-state index contributed by atoms with van der Waals surface area (Å²) in [6.45, 7) is 0. The maximum Gasteiger partial charge on any atom is 0.237 e. The van der Waals surface area contributed by atoms with Crippen molar-refractivity contribution in [3.05, 3.63) is 94.4 Å². The van der Waals surface area contributed by atoms with Crippen LogP contribution >= 0.6 is 34.7 Å². The fraction of sp³-hybridized carbons (Fsp3) is 0.0909. The summed E-state index contributed by atoms with van der Waals surface area (Å²) in [5.41, 5.74) is 2.12. The number of aromatic nitrogens is 5. The lowest BCUT2D eigenvalue weighted by atomic mass is 10.1. The Hall–Kier alpha value is -2.94. The van der Waals surface area contributed by atoms with E-state index in [4.69, 9.17) is 16.1 Å². The molecule has 3 heterocycles. The number of rotatable bonds is 7. The van der Waals surface area contributed by atoms with Gasteiger partial charge in [-0.15, -0.1) is 21.5 Å². The first-order valence-corrected chi connectivity index (χ1v) is 11.7. The number of benzene rings is 2. The van der Waals surface area contributed by atoms with Gasteiger partial charge < -0.3 is 4.52 Å². The third-order valence-corrected chi connectivity index (χ3v) is 6.56. The smallest absolute Gasteiger partial charge is 0.237 e. The number of nitrogens with zero attached hydrogens (tertiary/aromatic N) is 5. The van der Waals surface area contributed by atoms with Crippen molar-refractivity contribution in [2.75, 3.05) is 0 Å². The Labute approximate surface area is 191 Å². The second-order valence-corrected chi connectivity index (χ2v) is 8.98. The molecule has 0 unspecified atom stereocenters. The van der Waals surface area contributed by atoms with Gasteiger partial charge in [0, 0.05) is 17.1 Å². The summed E-state index contributed by atoms with van der Waals surface area (Å²) in [6.07, 6.45) is 0.667. The lowest BCUT2D eigenvalue weighted by Crippen LogP contribution is -2.04. The Morgan fingerprint density at radius 2 is 1.81 bits per heavy atom. The maximum absolute atomic E-state index is 6.10. The van der Waals surface area contributed by atoms with Crippen LogP contribution in [0.25, 0.3) is 16.4 Å². The molecule has 154 valence electrons. The molecule has 31 heavy (non-hydrogen) atoms. The highest BCUT2D eigenvalue weighted by Gasteiger charge is 2.17. The monoisotopic (exact) mass is 465 g/mol. The highest BCUT2D eigenvalue weighted by Crippen LogP contribution is 2.28. The van der Waals surface area contributed by atoms with Gasteiger partial charge in [-0.2, -0.15) is 4.98 Å². The van der Waals surface area contributed by atoms with Crippen LogP contribution in [0.4, 0.5) is 0 Å². The van der Waals surface area contributed by atoms with Crippen LogP contribution in [0.5, 0.6) is 0 Å². The number of thiophene rings is 1. The van der Waals surface area contributed by atoms with E-state index in [1.54, 1.807) is 11.3 Å². The standard InChI is InChI=1S/C22H16ClN5OS2/c23-16-8-10-17(11-9-16)28-19(13-15-5-2-1-3-6-15)25-26-22(28)31-14-20-24-21(27-29-20)18-7-4-12-30-18/h1-12H,13-14H2. The first-order valence-electron chi connectivity index (χ1n) is 9.50. The lowest BCUT2D eigenvalue weighted by molar-refractivity contribution is 0.391. The van der Waals surface area contributed by atoms with Crippen molar-refractivity contribution in [3.8, 4) is 16.4 Å². The molecule has 0 saturated heterocycles. The largest absolute Gasteiger partial charge is 0.338 e. The Kier molecular flexibility index (Phi) is 5.84. The molecule has 0 saturated carbocycles. The molecule has 0 aliphatic carbocycles. The molecule has 0 amide bonds. The van der Waals surface area contributed by atoms with Crippen molar-refractivity contribution in [3.63, 3.8) is 0 Å². The molecule has 3 aromatic heterocycles. The Balaban J connectivity index is 1.42. The average Bonchev–Trinajstić information content (AvgIpc) is 3.55. The van der Waals surface area contributed by atoms with Crippen molar-refractivity contribution in [1.82, 2.24) is 24.9 Å². The molecule has 0 bridgehead atoms. The van der Waals surface area contributed by atoms with Gasteiger partial charge in [0.15, 0.2) is 5.16 Å². The molecule has 2 aromatic carbocycles. The fourth-order valence-electron chi connectivity index (χ4n) is 3.08. The van der Waals surface area contributed by atoms with E-state index in [-0.39, 0.29) is 0 Å². The Morgan fingerprint density at radius 1 is 0.968 bits per heavy atom. The first-order chi connectivity index (χ1) is 15.3. The van der Waals surface area contributed by atoms with Gasteiger partial charge >= 0.3 is 0 Å². The topological polar surface area (TPSA) is 69.6 Å². The van der Waals surface area contributed by atoms with E-state index in [0.717, 1.165) is 21.5 Å². The molecule has 6 nitrogen and oxygen atoms in total. The zero-order chi connectivity index (χ0) is 21.0. The van der Waals surface area contributed by atoms with Gasteiger partial charge in [0.2, 0.25) is 11.7 Å². The number of thioether (sulfide) groups is 1. The zero-order valence-corrected chi connectivity index (χ0v) is 18.6. The minimum absolute atomic E-state index is 0.495. The predicted molar refractivity (Wildman–Crippen MR) is 123 cm³/mol. The molecular formula is C22H16ClN5OS2. The summed E-state index contributed by atoms with van der Waals surface area (Å²) >= 11 is 9.18. The SMILES string of the molecule is Clc1ccc(-n2c(Cc3ccccc3)nnc2SCc2nc(-c3cccs3)no2)cc1. The summed E-state index contributed by atoms with van der Waals surface area (Å²) in [7, 11) is 0. The molecule has 0 fully saturated rings. The molecule has 0 atom stereocenters. The van der Waals surface area contributed by atoms with Crippen LogP contribution in [0.2, 0.25) is 5.02 Å². The van der Waals surface area contributed by atoms with E-state index in [0.29, 0.717) is 28.9 Å². The molecule has 0 aliphatic rings. The van der Waals surface area contributed by atoms with E-state index in [2.05, 4.69) is 32.5 Å². The molecular weight excluding hydrogens is 450 g/mol. The van der Waals surface area contributed by atoms with Gasteiger partial charge in [0.25, 0.3) is 0 Å². The van der Waals surface area contributed by atoms with Gasteiger partial charge in [-0.3, -0.25) is 4.57 Å². The minimum Gasteiger partial charge on any atom is -0.338 e. The molecule has 0 N–H and O–H groups in total. The third kappa shape index (κ3) is 4.56. The molecule has 0 aliphatic heterocycles. The van der Waals surface area contributed by atoms with E-state index < -0.39 is 0 Å². The van der Waals surface area contributed by atoms with Crippen LogP contribution in [0.1, 0.15) is 17.3 Å². The summed E-state index contributed by atoms with van der Waals surface area (Å²) in [6, 6.07) is 21.8. The van der Waals surface area contributed by atoms with Gasteiger partial charge in [-0.1, -0.05) is 64.9 Å². The highest BCUT2D eigenvalue weighted by atomic mass is 35.5. The van der Waals surface area contributed by atoms with Crippen molar-refractivity contribution in [2.24, 2.45) is 0 Å². The number of hydrogen-bond acceptors (Lipinski definition) is 7. The van der Waals surface area contributed by atoms with E-state index in [9.17, 15) is 0 Å². The third-order valence-electron chi connectivity index (χ3n) is 4.52. The first kappa shape index (κ1) is 20.0. The zero-order valence-electron chi connectivity index (χ0n) is 16.2. The highest BCUT2D eigenvalue weighted by molar-refractivity contribution is 7.98. The van der Waals surface area contributed by atoms with E-state index in [1.807, 2.05) is 64.5 Å². The summed E-state index contributed by atoms with van der Waals surface area (Å²) in [5, 5.41) is 16.4. The average molecular weight is 466 g/mol. The second-order valence-electron chi connectivity index (χ2n) is 6.65. The van der Waals surface area contributed by atoms with E-state index in [1.165, 1.54) is 17.3 Å². The van der Waals surface area contributed by atoms with Gasteiger partial charge in [-0.25, -0.2) is 0 Å². The summed E-state index contributed by atoms with van der Waals surface area (Å²) in [5.74, 6) is 2.49. The molecule has 5 aromatic rings. The van der Waals surface area contributed by atoms with Crippen LogP contribution < -0.4 is 0 Å². The normalized spacial score (nSPS) is 11.1.